The van der Waals surface area contributed by atoms with Crippen molar-refractivity contribution in [1.82, 2.24) is 5.32 Å². The molecule has 2 atom stereocenters. The van der Waals surface area contributed by atoms with Crippen molar-refractivity contribution in [2.45, 2.75) is 39.5 Å². The summed E-state index contributed by atoms with van der Waals surface area (Å²) in [5.41, 5.74) is 0.727. The molecule has 1 aliphatic carbocycles. The zero-order valence-corrected chi connectivity index (χ0v) is 8.40. The van der Waals surface area contributed by atoms with Gasteiger partial charge in [-0.25, -0.2) is 0 Å². The highest BCUT2D eigenvalue weighted by Crippen LogP contribution is 2.53. The van der Waals surface area contributed by atoms with E-state index in [4.69, 9.17) is 0 Å². The van der Waals surface area contributed by atoms with E-state index in [0.717, 1.165) is 17.3 Å². The summed E-state index contributed by atoms with van der Waals surface area (Å²) >= 11 is 0. The third-order valence-electron chi connectivity index (χ3n) is 4.59. The predicted molar refractivity (Wildman–Crippen MR) is 52.1 cm³/mol. The summed E-state index contributed by atoms with van der Waals surface area (Å²) in [6.45, 7) is 7.36. The molecule has 12 heavy (non-hydrogen) atoms. The first-order chi connectivity index (χ1) is 5.83. The van der Waals surface area contributed by atoms with Crippen molar-refractivity contribution in [3.8, 4) is 0 Å². The number of fused-ring (bicyclic) bond motifs is 2. The standard InChI is InChI=1S/C11H21N/c1-3-11(4-2)9-5-6-10(11)8-12-7-9/h9-10,12H,3-8H2,1-2H3. The fraction of sp³-hybridized carbons (Fsp3) is 1.00. The minimum atomic E-state index is 0.727. The number of rotatable bonds is 2. The van der Waals surface area contributed by atoms with Crippen LogP contribution >= 0.6 is 0 Å². The molecule has 2 bridgehead atoms. The summed E-state index contributed by atoms with van der Waals surface area (Å²) in [4.78, 5) is 0. The van der Waals surface area contributed by atoms with E-state index in [-0.39, 0.29) is 0 Å². The first kappa shape index (κ1) is 8.55. The highest BCUT2D eigenvalue weighted by molar-refractivity contribution is 5.00. The molecule has 1 saturated carbocycles. The molecule has 0 radical (unpaired) electrons. The molecule has 1 N–H and O–H groups in total. The van der Waals surface area contributed by atoms with E-state index >= 15 is 0 Å². The maximum atomic E-state index is 3.57. The van der Waals surface area contributed by atoms with Crippen LogP contribution in [0.5, 0.6) is 0 Å². The van der Waals surface area contributed by atoms with Crippen LogP contribution in [-0.4, -0.2) is 13.1 Å². The Morgan fingerprint density at radius 2 is 1.58 bits per heavy atom. The van der Waals surface area contributed by atoms with Crippen molar-refractivity contribution in [2.24, 2.45) is 17.3 Å². The van der Waals surface area contributed by atoms with Crippen molar-refractivity contribution in [3.05, 3.63) is 0 Å². The third kappa shape index (κ3) is 0.953. The molecule has 1 saturated heterocycles. The minimum Gasteiger partial charge on any atom is -0.316 e. The minimum absolute atomic E-state index is 0.727. The summed E-state index contributed by atoms with van der Waals surface area (Å²) in [7, 11) is 0. The lowest BCUT2D eigenvalue weighted by atomic mass is 9.66. The number of hydrogen-bond donors (Lipinski definition) is 1. The largest absolute Gasteiger partial charge is 0.316 e. The highest BCUT2D eigenvalue weighted by atomic mass is 14.9. The molecule has 0 spiro atoms. The Morgan fingerprint density at radius 3 is 1.92 bits per heavy atom. The summed E-state index contributed by atoms with van der Waals surface area (Å²) < 4.78 is 0. The molecular formula is C11H21N. The van der Waals surface area contributed by atoms with Gasteiger partial charge in [0, 0.05) is 0 Å². The van der Waals surface area contributed by atoms with Crippen LogP contribution in [0, 0.1) is 17.3 Å². The van der Waals surface area contributed by atoms with Gasteiger partial charge in [0.25, 0.3) is 0 Å². The van der Waals surface area contributed by atoms with Gasteiger partial charge in [-0.3, -0.25) is 0 Å². The van der Waals surface area contributed by atoms with Gasteiger partial charge in [0.2, 0.25) is 0 Å². The first-order valence-electron chi connectivity index (χ1n) is 5.54. The molecule has 1 nitrogen and oxygen atoms in total. The Bertz CT molecular complexity index is 142. The van der Waals surface area contributed by atoms with E-state index in [0.29, 0.717) is 0 Å². The Hall–Kier alpha value is -0.0400. The second-order valence-electron chi connectivity index (χ2n) is 4.57. The average Bonchev–Trinajstić information content (AvgIpc) is 2.33. The van der Waals surface area contributed by atoms with Gasteiger partial charge in [-0.1, -0.05) is 13.8 Å². The maximum absolute atomic E-state index is 3.57. The lowest BCUT2D eigenvalue weighted by Gasteiger charge is -2.43. The SMILES string of the molecule is CCC1(CC)C2CCC1CNC2. The van der Waals surface area contributed by atoms with Gasteiger partial charge in [0.1, 0.15) is 0 Å². The lowest BCUT2D eigenvalue weighted by molar-refractivity contribution is 0.0832. The zero-order chi connectivity index (χ0) is 8.60. The molecule has 2 rings (SSSR count). The molecule has 0 aromatic heterocycles. The maximum Gasteiger partial charge on any atom is -0.00150 e. The Labute approximate surface area is 75.9 Å². The van der Waals surface area contributed by atoms with Gasteiger partial charge in [0.05, 0.1) is 0 Å². The van der Waals surface area contributed by atoms with Crippen molar-refractivity contribution in [3.63, 3.8) is 0 Å². The second kappa shape index (κ2) is 3.02. The molecular weight excluding hydrogens is 146 g/mol. The van der Waals surface area contributed by atoms with Crippen molar-refractivity contribution in [1.29, 1.82) is 0 Å². The van der Waals surface area contributed by atoms with E-state index in [1.54, 1.807) is 0 Å². The van der Waals surface area contributed by atoms with Gasteiger partial charge in [-0.05, 0) is 56.0 Å². The number of hydrogen-bond acceptors (Lipinski definition) is 1. The smallest absolute Gasteiger partial charge is 0.00150 e. The fourth-order valence-corrected chi connectivity index (χ4v) is 3.76. The monoisotopic (exact) mass is 167 g/mol. The molecule has 0 aromatic rings. The van der Waals surface area contributed by atoms with Gasteiger partial charge < -0.3 is 5.32 Å². The van der Waals surface area contributed by atoms with Crippen LogP contribution in [-0.2, 0) is 0 Å². The topological polar surface area (TPSA) is 12.0 Å². The predicted octanol–water partition coefficient (Wildman–Crippen LogP) is 2.42. The zero-order valence-electron chi connectivity index (χ0n) is 8.40. The number of nitrogens with one attached hydrogen (secondary N) is 1. The van der Waals surface area contributed by atoms with Gasteiger partial charge in [0.15, 0.2) is 0 Å². The lowest BCUT2D eigenvalue weighted by Crippen LogP contribution is -2.46. The van der Waals surface area contributed by atoms with Gasteiger partial charge >= 0.3 is 0 Å². The van der Waals surface area contributed by atoms with Crippen LogP contribution in [0.3, 0.4) is 0 Å². The van der Waals surface area contributed by atoms with Crippen LogP contribution in [0.15, 0.2) is 0 Å². The van der Waals surface area contributed by atoms with E-state index < -0.39 is 0 Å². The van der Waals surface area contributed by atoms with E-state index in [2.05, 4.69) is 19.2 Å². The molecule has 1 aliphatic heterocycles. The summed E-state index contributed by atoms with van der Waals surface area (Å²) in [6.07, 6.45) is 5.78. The van der Waals surface area contributed by atoms with Crippen LogP contribution < -0.4 is 5.32 Å². The summed E-state index contributed by atoms with van der Waals surface area (Å²) in [5, 5.41) is 3.57. The second-order valence-corrected chi connectivity index (χ2v) is 4.57. The van der Waals surface area contributed by atoms with Crippen molar-refractivity contribution in [2.75, 3.05) is 13.1 Å². The fourth-order valence-electron chi connectivity index (χ4n) is 3.76. The Kier molecular flexibility index (Phi) is 2.16. The quantitative estimate of drug-likeness (QED) is 0.666. The Morgan fingerprint density at radius 1 is 1.08 bits per heavy atom. The molecule has 0 amide bonds. The average molecular weight is 167 g/mol. The Balaban J connectivity index is 2.22. The van der Waals surface area contributed by atoms with Crippen molar-refractivity contribution >= 4 is 0 Å². The first-order valence-corrected chi connectivity index (χ1v) is 5.54. The van der Waals surface area contributed by atoms with E-state index in [9.17, 15) is 0 Å². The van der Waals surface area contributed by atoms with Gasteiger partial charge in [-0.15, -0.1) is 0 Å². The molecule has 70 valence electrons. The normalized spacial score (nSPS) is 38.5. The number of piperidine rings is 1. The van der Waals surface area contributed by atoms with Crippen molar-refractivity contribution < 1.29 is 0 Å². The van der Waals surface area contributed by atoms with Crippen LogP contribution in [0.2, 0.25) is 0 Å². The summed E-state index contributed by atoms with van der Waals surface area (Å²) in [5.74, 6) is 1.98. The summed E-state index contributed by atoms with van der Waals surface area (Å²) in [6, 6.07) is 0. The third-order valence-corrected chi connectivity index (χ3v) is 4.59. The van der Waals surface area contributed by atoms with E-state index in [1.165, 1.54) is 38.8 Å². The van der Waals surface area contributed by atoms with Gasteiger partial charge in [-0.2, -0.15) is 0 Å². The molecule has 1 heteroatoms. The van der Waals surface area contributed by atoms with Crippen LogP contribution in [0.1, 0.15) is 39.5 Å². The highest BCUT2D eigenvalue weighted by Gasteiger charge is 2.48. The molecule has 2 fully saturated rings. The molecule has 1 heterocycles. The van der Waals surface area contributed by atoms with Crippen LogP contribution in [0.4, 0.5) is 0 Å². The van der Waals surface area contributed by atoms with Crippen LogP contribution in [0.25, 0.3) is 0 Å². The molecule has 2 unspecified atom stereocenters. The molecule has 0 aromatic carbocycles. The molecule has 2 aliphatic rings. The van der Waals surface area contributed by atoms with E-state index in [1.807, 2.05) is 0 Å².